The molecule has 0 aromatic heterocycles. The molecule has 7 aromatic carbocycles. The largest absolute Gasteiger partial charge is 0.370 e. The molecule has 0 spiro atoms. The second-order valence-electron chi connectivity index (χ2n) is 12.5. The van der Waals surface area contributed by atoms with E-state index in [1.807, 2.05) is 0 Å². The summed E-state index contributed by atoms with van der Waals surface area (Å²) in [6.07, 6.45) is 8.74. The molecule has 0 aliphatic carbocycles. The van der Waals surface area contributed by atoms with Crippen LogP contribution in [0, 0.1) is 0 Å². The molecule has 0 saturated heterocycles. The number of hydrogen-bond donors (Lipinski definition) is 2. The minimum absolute atomic E-state index is 0.0962. The number of hydrogen-bond acceptors (Lipinski definition) is 4. The third-order valence-electron chi connectivity index (χ3n) is 9.84. The molecule has 2 atom stereocenters. The molecule has 3 aliphatic heterocycles. The molecule has 4 nitrogen and oxygen atoms in total. The molecule has 0 radical (unpaired) electrons. The number of benzene rings is 7. The standard InChI is InChI=1S/C43H30N4/c1-3-11-27(12-4-1)30-18-21-33-35(25-30)36-26-31(19-22-34(36)43-42(33)45-38-17-9-10-24-47(38)43)40-39(29-14-5-2-6-15-29)44-37-23-20-28-13-7-8-16-32(28)41(37)46-40/h1-26,38,40,45-46H. The molecule has 2 unspecified atom stereocenters. The van der Waals surface area contributed by atoms with Crippen molar-refractivity contribution in [3.05, 3.63) is 169 Å². The van der Waals surface area contributed by atoms with E-state index in [1.165, 1.54) is 60.4 Å². The van der Waals surface area contributed by atoms with Gasteiger partial charge in [0.1, 0.15) is 6.17 Å². The van der Waals surface area contributed by atoms with Crippen LogP contribution in [0.15, 0.2) is 163 Å². The predicted molar refractivity (Wildman–Crippen MR) is 198 cm³/mol. The second kappa shape index (κ2) is 10.2. The fourth-order valence-corrected chi connectivity index (χ4v) is 7.61. The fourth-order valence-electron chi connectivity index (χ4n) is 7.61. The van der Waals surface area contributed by atoms with Crippen LogP contribution in [0.1, 0.15) is 17.2 Å². The van der Waals surface area contributed by atoms with E-state index < -0.39 is 0 Å². The number of aliphatic imine (C=N–C) groups is 1. The van der Waals surface area contributed by atoms with Crippen LogP contribution in [0.2, 0.25) is 0 Å². The SMILES string of the molecule is C1=CC2Nc3c(c4ccc(C5Nc6c(ccc7ccccc67)N=C5c5ccccc5)cc4c4cc(-c5ccccc5)ccc34)N2C=C1. The number of fused-ring (bicyclic) bond motifs is 11. The monoisotopic (exact) mass is 602 g/mol. The highest BCUT2D eigenvalue weighted by Gasteiger charge is 2.32. The molecule has 2 N–H and O–H groups in total. The van der Waals surface area contributed by atoms with Gasteiger partial charge in [-0.1, -0.05) is 121 Å². The first kappa shape index (κ1) is 26.1. The Kier molecular flexibility index (Phi) is 5.67. The molecule has 0 fully saturated rings. The van der Waals surface area contributed by atoms with Gasteiger partial charge in [0.05, 0.1) is 34.5 Å². The van der Waals surface area contributed by atoms with E-state index in [-0.39, 0.29) is 12.2 Å². The molecular formula is C43H30N4. The smallest absolute Gasteiger partial charge is 0.123 e. The lowest BCUT2D eigenvalue weighted by Gasteiger charge is -2.29. The third kappa shape index (κ3) is 4.05. The Morgan fingerprint density at radius 3 is 2.17 bits per heavy atom. The first-order chi connectivity index (χ1) is 23.3. The minimum Gasteiger partial charge on any atom is -0.370 e. The van der Waals surface area contributed by atoms with Gasteiger partial charge in [0.15, 0.2) is 0 Å². The predicted octanol–water partition coefficient (Wildman–Crippen LogP) is 10.7. The summed E-state index contributed by atoms with van der Waals surface area (Å²) in [7, 11) is 0. The lowest BCUT2D eigenvalue weighted by atomic mass is 9.89. The molecular weight excluding hydrogens is 573 g/mol. The van der Waals surface area contributed by atoms with Gasteiger partial charge in [-0.2, -0.15) is 0 Å². The molecule has 3 heterocycles. The second-order valence-corrected chi connectivity index (χ2v) is 12.5. The van der Waals surface area contributed by atoms with Gasteiger partial charge in [-0.05, 0) is 68.8 Å². The fraction of sp³-hybridized carbons (Fsp3) is 0.0465. The highest BCUT2D eigenvalue weighted by molar-refractivity contribution is 6.23. The number of allylic oxidation sites excluding steroid dienone is 2. The van der Waals surface area contributed by atoms with Crippen molar-refractivity contribution in [2.24, 2.45) is 4.99 Å². The number of anilines is 3. The van der Waals surface area contributed by atoms with Crippen LogP contribution in [-0.2, 0) is 0 Å². The molecule has 0 bridgehead atoms. The molecule has 3 aliphatic rings. The highest BCUT2D eigenvalue weighted by Crippen LogP contribution is 2.50. The third-order valence-corrected chi connectivity index (χ3v) is 9.84. The molecule has 10 rings (SSSR count). The van der Waals surface area contributed by atoms with Gasteiger partial charge in [-0.3, -0.25) is 0 Å². The first-order valence-electron chi connectivity index (χ1n) is 16.2. The summed E-state index contributed by atoms with van der Waals surface area (Å²) < 4.78 is 0. The Balaban J connectivity index is 1.23. The summed E-state index contributed by atoms with van der Waals surface area (Å²) in [5.41, 5.74) is 10.2. The Hall–Kier alpha value is -6.13. The Bertz CT molecular complexity index is 2480. The molecule has 0 saturated carbocycles. The van der Waals surface area contributed by atoms with Gasteiger partial charge in [0.25, 0.3) is 0 Å². The van der Waals surface area contributed by atoms with Crippen LogP contribution in [0.5, 0.6) is 0 Å². The van der Waals surface area contributed by atoms with Crippen LogP contribution in [-0.4, -0.2) is 11.9 Å². The minimum atomic E-state index is -0.135. The van der Waals surface area contributed by atoms with Crippen molar-refractivity contribution in [2.45, 2.75) is 12.2 Å². The molecule has 7 aromatic rings. The quantitative estimate of drug-likeness (QED) is 0.198. The number of rotatable bonds is 3. The van der Waals surface area contributed by atoms with Gasteiger partial charge < -0.3 is 15.5 Å². The Morgan fingerprint density at radius 2 is 1.30 bits per heavy atom. The van der Waals surface area contributed by atoms with Gasteiger partial charge >= 0.3 is 0 Å². The van der Waals surface area contributed by atoms with Crippen LogP contribution < -0.4 is 15.5 Å². The maximum absolute atomic E-state index is 5.35. The lowest BCUT2D eigenvalue weighted by Crippen LogP contribution is -2.30. The average molecular weight is 603 g/mol. The zero-order valence-electron chi connectivity index (χ0n) is 25.6. The molecule has 0 amide bonds. The van der Waals surface area contributed by atoms with Gasteiger partial charge in [-0.15, -0.1) is 0 Å². The first-order valence-corrected chi connectivity index (χ1v) is 16.2. The van der Waals surface area contributed by atoms with E-state index in [4.69, 9.17) is 4.99 Å². The van der Waals surface area contributed by atoms with Crippen LogP contribution in [0.4, 0.5) is 22.7 Å². The number of nitrogens with zero attached hydrogens (tertiary/aromatic N) is 2. The van der Waals surface area contributed by atoms with Crippen LogP contribution in [0.25, 0.3) is 43.4 Å². The van der Waals surface area contributed by atoms with E-state index in [2.05, 4.69) is 173 Å². The number of nitrogens with one attached hydrogen (secondary N) is 2. The zero-order valence-corrected chi connectivity index (χ0v) is 25.6. The van der Waals surface area contributed by atoms with E-state index in [0.717, 1.165) is 22.6 Å². The van der Waals surface area contributed by atoms with E-state index in [1.54, 1.807) is 0 Å². The average Bonchev–Trinajstić information content (AvgIpc) is 3.55. The van der Waals surface area contributed by atoms with Crippen LogP contribution in [0.3, 0.4) is 0 Å². The summed E-state index contributed by atoms with van der Waals surface area (Å²) in [4.78, 5) is 7.71. The van der Waals surface area contributed by atoms with Crippen LogP contribution >= 0.6 is 0 Å². The van der Waals surface area contributed by atoms with E-state index >= 15 is 0 Å². The topological polar surface area (TPSA) is 39.7 Å². The normalized spacial score (nSPS) is 17.6. The maximum Gasteiger partial charge on any atom is 0.123 e. The Labute approximate surface area is 273 Å². The van der Waals surface area contributed by atoms with Crippen molar-refractivity contribution in [1.29, 1.82) is 0 Å². The van der Waals surface area contributed by atoms with Gasteiger partial charge in [0, 0.05) is 22.4 Å². The van der Waals surface area contributed by atoms with Gasteiger partial charge in [-0.25, -0.2) is 4.99 Å². The van der Waals surface area contributed by atoms with Crippen molar-refractivity contribution in [3.8, 4) is 11.1 Å². The summed E-state index contributed by atoms with van der Waals surface area (Å²) in [5.74, 6) is 0. The molecule has 4 heteroatoms. The summed E-state index contributed by atoms with van der Waals surface area (Å²) in [6.45, 7) is 0. The zero-order chi connectivity index (χ0) is 30.9. The van der Waals surface area contributed by atoms with Crippen molar-refractivity contribution >= 4 is 60.8 Å². The van der Waals surface area contributed by atoms with Crippen molar-refractivity contribution < 1.29 is 0 Å². The van der Waals surface area contributed by atoms with Crippen molar-refractivity contribution in [3.63, 3.8) is 0 Å². The highest BCUT2D eigenvalue weighted by atomic mass is 15.3. The lowest BCUT2D eigenvalue weighted by molar-refractivity contribution is 0.910. The van der Waals surface area contributed by atoms with Crippen molar-refractivity contribution in [2.75, 3.05) is 15.5 Å². The molecule has 47 heavy (non-hydrogen) atoms. The Morgan fingerprint density at radius 1 is 0.532 bits per heavy atom. The van der Waals surface area contributed by atoms with E-state index in [0.29, 0.717) is 0 Å². The summed E-state index contributed by atoms with van der Waals surface area (Å²) in [5, 5.41) is 15.1. The maximum atomic E-state index is 5.35. The van der Waals surface area contributed by atoms with Gasteiger partial charge in [0.2, 0.25) is 0 Å². The van der Waals surface area contributed by atoms with Crippen molar-refractivity contribution in [1.82, 2.24) is 0 Å². The summed E-state index contributed by atoms with van der Waals surface area (Å²) >= 11 is 0. The molecule has 222 valence electrons. The summed E-state index contributed by atoms with van der Waals surface area (Å²) in [6, 6.07) is 47.9. The van der Waals surface area contributed by atoms with E-state index in [9.17, 15) is 0 Å².